The van der Waals surface area contributed by atoms with Crippen molar-refractivity contribution < 1.29 is 27.1 Å². The van der Waals surface area contributed by atoms with Gasteiger partial charge in [-0.1, -0.05) is 54.1 Å². The number of fused-ring (bicyclic) bond motifs is 1. The van der Waals surface area contributed by atoms with Crippen LogP contribution in [0.4, 0.5) is 17.6 Å². The Morgan fingerprint density at radius 2 is 1.73 bits per heavy atom. The van der Waals surface area contributed by atoms with Gasteiger partial charge in [-0.05, 0) is 59.9 Å². The van der Waals surface area contributed by atoms with Crippen molar-refractivity contribution in [3.05, 3.63) is 100 Å². The number of primary amides is 1. The van der Waals surface area contributed by atoms with Crippen LogP contribution in [0.25, 0.3) is 11.1 Å². The molecular formula is C31H30F4N4O2. The summed E-state index contributed by atoms with van der Waals surface area (Å²) in [5, 5.41) is 10.5. The van der Waals surface area contributed by atoms with Gasteiger partial charge in [0.1, 0.15) is 12.4 Å². The third-order valence-electron chi connectivity index (χ3n) is 6.79. The van der Waals surface area contributed by atoms with Gasteiger partial charge in [-0.25, -0.2) is 0 Å². The molecule has 1 aliphatic carbocycles. The quantitative estimate of drug-likeness (QED) is 0.144. The lowest BCUT2D eigenvalue weighted by molar-refractivity contribution is -0.123. The Kier molecular flexibility index (Phi) is 9.34. The van der Waals surface area contributed by atoms with Crippen molar-refractivity contribution in [2.24, 2.45) is 15.9 Å². The number of ether oxygens (including phenoxy) is 1. The maximum absolute atomic E-state index is 14.3. The molecule has 0 radical (unpaired) electrons. The summed E-state index contributed by atoms with van der Waals surface area (Å²) in [5.41, 5.74) is 9.09. The zero-order valence-electron chi connectivity index (χ0n) is 22.7. The summed E-state index contributed by atoms with van der Waals surface area (Å²) in [6, 6.07) is 15.1. The number of hydrogen-bond acceptors (Lipinski definition) is 5. The number of allylic oxidation sites excluding steroid dienone is 6. The number of halogens is 4. The molecule has 214 valence electrons. The smallest absolute Gasteiger partial charge is 0.393 e. The van der Waals surface area contributed by atoms with E-state index < -0.39 is 24.5 Å². The van der Waals surface area contributed by atoms with Gasteiger partial charge in [0.2, 0.25) is 11.9 Å². The summed E-state index contributed by atoms with van der Waals surface area (Å²) in [7, 11) is 0. The average molecular weight is 567 g/mol. The highest BCUT2D eigenvalue weighted by Crippen LogP contribution is 2.41. The Labute approximate surface area is 235 Å². The lowest BCUT2D eigenvalue weighted by Gasteiger charge is -2.21. The second kappa shape index (κ2) is 12.9. The summed E-state index contributed by atoms with van der Waals surface area (Å²) in [4.78, 5) is 11.3. The number of amides is 1. The molecule has 1 aliphatic heterocycles. The third kappa shape index (κ3) is 7.67. The van der Waals surface area contributed by atoms with Crippen molar-refractivity contribution in [3.63, 3.8) is 0 Å². The maximum atomic E-state index is 14.3. The van der Waals surface area contributed by atoms with E-state index in [1.807, 2.05) is 6.92 Å². The SMILES string of the molecule is C/C(CNCCOc1ccc(/C(C2=CCC3=NN=C(F)C3=C2)=C(/CC(F)(F)F)c2ccccc2)cc1)=C(/C)C(N)=O. The largest absolute Gasteiger partial charge is 0.492 e. The van der Waals surface area contributed by atoms with Crippen LogP contribution in [-0.4, -0.2) is 43.5 Å². The van der Waals surface area contributed by atoms with Crippen molar-refractivity contribution in [2.45, 2.75) is 32.9 Å². The van der Waals surface area contributed by atoms with Crippen molar-refractivity contribution in [3.8, 4) is 5.75 Å². The monoisotopic (exact) mass is 566 g/mol. The number of rotatable bonds is 11. The molecule has 0 fully saturated rings. The van der Waals surface area contributed by atoms with Gasteiger partial charge in [-0.15, -0.1) is 5.10 Å². The number of carbonyl (C=O) groups excluding carboxylic acids is 1. The minimum Gasteiger partial charge on any atom is -0.492 e. The maximum Gasteiger partial charge on any atom is 0.393 e. The fraction of sp³-hybridized carbons (Fsp3) is 0.258. The summed E-state index contributed by atoms with van der Waals surface area (Å²) >= 11 is 0. The van der Waals surface area contributed by atoms with E-state index in [1.54, 1.807) is 67.6 Å². The van der Waals surface area contributed by atoms with Gasteiger partial charge < -0.3 is 15.8 Å². The molecule has 0 saturated carbocycles. The van der Waals surface area contributed by atoms with Crippen LogP contribution in [0.2, 0.25) is 0 Å². The lowest BCUT2D eigenvalue weighted by Crippen LogP contribution is -2.24. The van der Waals surface area contributed by atoms with Crippen LogP contribution in [0, 0.1) is 0 Å². The molecule has 1 heterocycles. The van der Waals surface area contributed by atoms with Crippen molar-refractivity contribution in [1.82, 2.24) is 5.32 Å². The van der Waals surface area contributed by atoms with E-state index in [4.69, 9.17) is 10.5 Å². The molecule has 2 aromatic rings. The molecule has 3 N–H and O–H groups in total. The molecule has 2 aliphatic rings. The predicted molar refractivity (Wildman–Crippen MR) is 153 cm³/mol. The molecule has 2 aromatic carbocycles. The van der Waals surface area contributed by atoms with Gasteiger partial charge >= 0.3 is 6.18 Å². The molecule has 0 saturated heterocycles. The van der Waals surface area contributed by atoms with Crippen LogP contribution in [0.5, 0.6) is 5.75 Å². The first-order valence-electron chi connectivity index (χ1n) is 13.0. The van der Waals surface area contributed by atoms with E-state index >= 15 is 0 Å². The summed E-state index contributed by atoms with van der Waals surface area (Å²) in [6.07, 6.45) is -2.15. The van der Waals surface area contributed by atoms with E-state index in [0.717, 1.165) is 5.57 Å². The van der Waals surface area contributed by atoms with Gasteiger partial charge in [-0.3, -0.25) is 4.79 Å². The van der Waals surface area contributed by atoms with Crippen molar-refractivity contribution in [2.75, 3.05) is 19.7 Å². The molecule has 10 heteroatoms. The van der Waals surface area contributed by atoms with Crippen LogP contribution in [0.3, 0.4) is 0 Å². The van der Waals surface area contributed by atoms with Gasteiger partial charge in [-0.2, -0.15) is 22.7 Å². The van der Waals surface area contributed by atoms with E-state index in [9.17, 15) is 22.4 Å². The highest BCUT2D eigenvalue weighted by molar-refractivity contribution is 6.25. The number of nitrogens with two attached hydrogens (primary N) is 1. The van der Waals surface area contributed by atoms with E-state index in [-0.39, 0.29) is 17.6 Å². The fourth-order valence-corrected chi connectivity index (χ4v) is 4.49. The molecule has 1 amide bonds. The zero-order chi connectivity index (χ0) is 29.6. The lowest BCUT2D eigenvalue weighted by atomic mass is 9.84. The molecule has 0 unspecified atom stereocenters. The normalized spacial score (nSPS) is 16.0. The number of nitrogens with one attached hydrogen (secondary N) is 1. The highest BCUT2D eigenvalue weighted by atomic mass is 19.4. The van der Waals surface area contributed by atoms with Gasteiger partial charge in [0.05, 0.1) is 17.7 Å². The standard InChI is InChI=1S/C31H30F4N4O2/c1-19(20(2)30(36)40)18-37-14-15-41-24-11-8-22(9-12-24)28(23-10-13-27-25(16-23)29(32)39-38-27)26(17-31(33,34)35)21-6-4-3-5-7-21/h3-12,16,37H,13-15,17-18H2,1-2H3,(H2,36,40)/b20-19+,28-26+. The second-order valence-corrected chi connectivity index (χ2v) is 9.69. The van der Waals surface area contributed by atoms with Crippen LogP contribution in [0.15, 0.2) is 99.2 Å². The van der Waals surface area contributed by atoms with Crippen LogP contribution in [-0.2, 0) is 4.79 Å². The number of hydrogen-bond donors (Lipinski definition) is 2. The minimum atomic E-state index is -4.48. The highest BCUT2D eigenvalue weighted by Gasteiger charge is 2.33. The van der Waals surface area contributed by atoms with E-state index in [0.29, 0.717) is 59.0 Å². The Hall–Kier alpha value is -4.31. The molecule has 4 rings (SSSR count). The van der Waals surface area contributed by atoms with Gasteiger partial charge in [0.25, 0.3) is 0 Å². The fourth-order valence-electron chi connectivity index (χ4n) is 4.49. The Morgan fingerprint density at radius 3 is 2.39 bits per heavy atom. The topological polar surface area (TPSA) is 89.1 Å². The Morgan fingerprint density at radius 1 is 1.02 bits per heavy atom. The molecule has 0 bridgehead atoms. The summed E-state index contributed by atoms with van der Waals surface area (Å²) < 4.78 is 61.8. The first kappa shape index (κ1) is 29.7. The molecule has 41 heavy (non-hydrogen) atoms. The summed E-state index contributed by atoms with van der Waals surface area (Å²) in [5.74, 6) is -0.684. The molecule has 0 spiro atoms. The van der Waals surface area contributed by atoms with Gasteiger partial charge in [0.15, 0.2) is 0 Å². The van der Waals surface area contributed by atoms with Crippen molar-refractivity contribution in [1.29, 1.82) is 0 Å². The minimum absolute atomic E-state index is 0.0736. The first-order valence-corrected chi connectivity index (χ1v) is 13.0. The Balaban J connectivity index is 1.62. The average Bonchev–Trinajstić information content (AvgIpc) is 3.32. The van der Waals surface area contributed by atoms with Gasteiger partial charge in [0, 0.05) is 25.1 Å². The van der Waals surface area contributed by atoms with E-state index in [1.165, 1.54) is 6.08 Å². The van der Waals surface area contributed by atoms with E-state index in [2.05, 4.69) is 15.5 Å². The molecule has 0 aromatic heterocycles. The molecular weight excluding hydrogens is 536 g/mol. The number of nitrogens with zero attached hydrogens (tertiary/aromatic N) is 2. The summed E-state index contributed by atoms with van der Waals surface area (Å²) in [6.45, 7) is 4.79. The van der Waals surface area contributed by atoms with Crippen molar-refractivity contribution >= 4 is 28.7 Å². The van der Waals surface area contributed by atoms with Crippen LogP contribution < -0.4 is 15.8 Å². The van der Waals surface area contributed by atoms with Crippen LogP contribution in [0.1, 0.15) is 37.8 Å². The number of benzene rings is 2. The number of alkyl halides is 3. The molecule has 0 atom stereocenters. The zero-order valence-corrected chi connectivity index (χ0v) is 22.7. The Bertz CT molecular complexity index is 1480. The van der Waals surface area contributed by atoms with Crippen LogP contribution >= 0.6 is 0 Å². The predicted octanol–water partition coefficient (Wildman–Crippen LogP) is 6.33. The second-order valence-electron chi connectivity index (χ2n) is 9.69. The third-order valence-corrected chi connectivity index (χ3v) is 6.79. The first-order chi connectivity index (χ1) is 19.5. The number of carbonyl (C=O) groups is 1. The molecule has 6 nitrogen and oxygen atoms in total.